The van der Waals surface area contributed by atoms with Crippen LogP contribution in [-0.2, 0) is 9.53 Å². The number of hydrogen-bond acceptors (Lipinski definition) is 4. The van der Waals surface area contributed by atoms with Gasteiger partial charge in [-0.05, 0) is 39.8 Å². The Morgan fingerprint density at radius 3 is 2.83 bits per heavy atom. The number of carbonyl (C=O) groups is 1. The fraction of sp³-hybridized carbons (Fsp3) is 0.786. The maximum atomic E-state index is 11.4. The number of hydrogen-bond donors (Lipinski definition) is 1. The van der Waals surface area contributed by atoms with Crippen LogP contribution in [0.3, 0.4) is 0 Å². The molecule has 0 bridgehead atoms. The number of piperidine rings is 1. The summed E-state index contributed by atoms with van der Waals surface area (Å²) in [6.07, 6.45) is 5.02. The smallest absolute Gasteiger partial charge is 0.333 e. The summed E-state index contributed by atoms with van der Waals surface area (Å²) >= 11 is 0. The molecular formula is C14H26N2O2. The van der Waals surface area contributed by atoms with E-state index < -0.39 is 0 Å². The molecule has 0 radical (unpaired) electrons. The molecule has 1 aliphatic rings. The topological polar surface area (TPSA) is 41.6 Å². The van der Waals surface area contributed by atoms with Gasteiger partial charge in [0.2, 0.25) is 0 Å². The van der Waals surface area contributed by atoms with Gasteiger partial charge in [0.25, 0.3) is 0 Å². The van der Waals surface area contributed by atoms with Crippen LogP contribution in [0.2, 0.25) is 0 Å². The van der Waals surface area contributed by atoms with Gasteiger partial charge >= 0.3 is 5.97 Å². The summed E-state index contributed by atoms with van der Waals surface area (Å²) in [5.41, 5.74) is 0.756. The molecule has 0 aromatic rings. The van der Waals surface area contributed by atoms with E-state index in [1.165, 1.54) is 20.0 Å². The quantitative estimate of drug-likeness (QED) is 0.597. The highest BCUT2D eigenvalue weighted by Crippen LogP contribution is 2.15. The van der Waals surface area contributed by atoms with Gasteiger partial charge in [0, 0.05) is 24.2 Å². The average molecular weight is 254 g/mol. The lowest BCUT2D eigenvalue weighted by Gasteiger charge is -2.35. The number of methoxy groups -OCH3 is 1. The lowest BCUT2D eigenvalue weighted by molar-refractivity contribution is -0.136. The minimum absolute atomic E-state index is 0.212. The first-order valence-electron chi connectivity index (χ1n) is 6.79. The molecule has 1 saturated heterocycles. The van der Waals surface area contributed by atoms with Crippen molar-refractivity contribution >= 4 is 5.97 Å². The summed E-state index contributed by atoms with van der Waals surface area (Å²) in [4.78, 5) is 13.8. The van der Waals surface area contributed by atoms with Crippen LogP contribution in [0.5, 0.6) is 0 Å². The molecule has 1 N–H and O–H groups in total. The molecule has 0 aliphatic carbocycles. The first kappa shape index (κ1) is 15.2. The predicted molar refractivity (Wildman–Crippen MR) is 73.5 cm³/mol. The second kappa shape index (κ2) is 7.54. The molecule has 1 rings (SSSR count). The molecule has 4 nitrogen and oxygen atoms in total. The van der Waals surface area contributed by atoms with Crippen molar-refractivity contribution in [1.82, 2.24) is 10.2 Å². The zero-order valence-electron chi connectivity index (χ0n) is 12.0. The molecule has 2 atom stereocenters. The van der Waals surface area contributed by atoms with Crippen LogP contribution in [-0.4, -0.2) is 50.2 Å². The highest BCUT2D eigenvalue weighted by molar-refractivity contribution is 5.88. The van der Waals surface area contributed by atoms with E-state index in [2.05, 4.69) is 24.2 Å². The van der Waals surface area contributed by atoms with E-state index in [4.69, 9.17) is 4.74 Å². The second-order valence-corrected chi connectivity index (χ2v) is 5.03. The largest absolute Gasteiger partial charge is 0.466 e. The third-order valence-electron chi connectivity index (χ3n) is 3.79. The maximum absolute atomic E-state index is 11.4. The Hall–Kier alpha value is -0.870. The lowest BCUT2D eigenvalue weighted by Crippen LogP contribution is -2.45. The molecule has 1 aliphatic heterocycles. The van der Waals surface area contributed by atoms with Crippen molar-refractivity contribution in [2.75, 3.05) is 27.2 Å². The number of nitrogens with one attached hydrogen (secondary N) is 1. The zero-order chi connectivity index (χ0) is 13.5. The molecule has 4 heteroatoms. The molecule has 0 saturated carbocycles. The number of rotatable bonds is 5. The van der Waals surface area contributed by atoms with Crippen molar-refractivity contribution in [2.45, 2.75) is 45.2 Å². The van der Waals surface area contributed by atoms with Crippen LogP contribution in [0.1, 0.15) is 33.1 Å². The van der Waals surface area contributed by atoms with Crippen LogP contribution in [0, 0.1) is 0 Å². The lowest BCUT2D eigenvalue weighted by atomic mass is 9.99. The fourth-order valence-electron chi connectivity index (χ4n) is 2.33. The minimum atomic E-state index is -0.212. The third-order valence-corrected chi connectivity index (χ3v) is 3.79. The number of nitrogens with zero attached hydrogens (tertiary/aromatic N) is 1. The van der Waals surface area contributed by atoms with Crippen LogP contribution < -0.4 is 5.32 Å². The van der Waals surface area contributed by atoms with Gasteiger partial charge in [0.15, 0.2) is 0 Å². The molecule has 0 aromatic heterocycles. The van der Waals surface area contributed by atoms with Crippen molar-refractivity contribution in [2.24, 2.45) is 0 Å². The summed E-state index contributed by atoms with van der Waals surface area (Å²) in [6, 6.07) is 1.19. The maximum Gasteiger partial charge on any atom is 0.333 e. The summed E-state index contributed by atoms with van der Waals surface area (Å²) in [5, 5.41) is 3.51. The molecule has 2 unspecified atom stereocenters. The Morgan fingerprint density at radius 1 is 1.56 bits per heavy atom. The summed E-state index contributed by atoms with van der Waals surface area (Å²) in [7, 11) is 3.60. The molecule has 0 spiro atoms. The Balaban J connectivity index is 2.36. The fourth-order valence-corrected chi connectivity index (χ4v) is 2.33. The summed E-state index contributed by atoms with van der Waals surface area (Å²) in [6.45, 7) is 6.12. The van der Waals surface area contributed by atoms with Gasteiger partial charge in [-0.2, -0.15) is 0 Å². The van der Waals surface area contributed by atoms with Gasteiger partial charge in [-0.3, -0.25) is 0 Å². The van der Waals surface area contributed by atoms with Crippen LogP contribution >= 0.6 is 0 Å². The second-order valence-electron chi connectivity index (χ2n) is 5.03. The number of esters is 1. The SMILES string of the molecule is CCC(=CCNC1CCN(C)C(C)C1)C(=O)OC. The van der Waals surface area contributed by atoms with E-state index in [0.29, 0.717) is 12.1 Å². The molecular weight excluding hydrogens is 228 g/mol. The van der Waals surface area contributed by atoms with Gasteiger partial charge in [0.05, 0.1) is 7.11 Å². The Bertz CT molecular complexity index is 302. The van der Waals surface area contributed by atoms with E-state index in [-0.39, 0.29) is 5.97 Å². The Morgan fingerprint density at radius 2 is 2.28 bits per heavy atom. The zero-order valence-corrected chi connectivity index (χ0v) is 12.0. The van der Waals surface area contributed by atoms with E-state index in [1.807, 2.05) is 13.0 Å². The van der Waals surface area contributed by atoms with Gasteiger partial charge < -0.3 is 15.0 Å². The van der Waals surface area contributed by atoms with Gasteiger partial charge in [-0.15, -0.1) is 0 Å². The van der Waals surface area contributed by atoms with Crippen LogP contribution in [0.4, 0.5) is 0 Å². The van der Waals surface area contributed by atoms with Crippen molar-refractivity contribution in [3.05, 3.63) is 11.6 Å². The molecule has 0 aromatic carbocycles. The van der Waals surface area contributed by atoms with E-state index in [0.717, 1.165) is 25.1 Å². The summed E-state index contributed by atoms with van der Waals surface area (Å²) < 4.78 is 4.74. The molecule has 1 fully saturated rings. The van der Waals surface area contributed by atoms with Crippen LogP contribution in [0.15, 0.2) is 11.6 Å². The number of likely N-dealkylation sites (tertiary alicyclic amines) is 1. The van der Waals surface area contributed by atoms with E-state index in [1.54, 1.807) is 0 Å². The molecule has 104 valence electrons. The molecule has 1 heterocycles. The third kappa shape index (κ3) is 4.42. The van der Waals surface area contributed by atoms with Crippen molar-refractivity contribution in [3.63, 3.8) is 0 Å². The normalized spacial score (nSPS) is 26.1. The molecule has 18 heavy (non-hydrogen) atoms. The van der Waals surface area contributed by atoms with Gasteiger partial charge in [0.1, 0.15) is 0 Å². The minimum Gasteiger partial charge on any atom is -0.466 e. The van der Waals surface area contributed by atoms with Gasteiger partial charge in [-0.1, -0.05) is 13.0 Å². The van der Waals surface area contributed by atoms with E-state index >= 15 is 0 Å². The highest BCUT2D eigenvalue weighted by atomic mass is 16.5. The van der Waals surface area contributed by atoms with Crippen LogP contribution in [0.25, 0.3) is 0 Å². The first-order valence-corrected chi connectivity index (χ1v) is 6.79. The monoisotopic (exact) mass is 254 g/mol. The molecule has 0 amide bonds. The van der Waals surface area contributed by atoms with E-state index in [9.17, 15) is 4.79 Å². The van der Waals surface area contributed by atoms with Gasteiger partial charge in [-0.25, -0.2) is 4.79 Å². The highest BCUT2D eigenvalue weighted by Gasteiger charge is 2.21. The Kier molecular flexibility index (Phi) is 6.36. The van der Waals surface area contributed by atoms with Crippen molar-refractivity contribution in [1.29, 1.82) is 0 Å². The Labute approximate surface area is 110 Å². The average Bonchev–Trinajstić information content (AvgIpc) is 2.38. The van der Waals surface area contributed by atoms with Crippen molar-refractivity contribution in [3.8, 4) is 0 Å². The number of ether oxygens (including phenoxy) is 1. The standard InChI is InChI=1S/C14H26N2O2/c1-5-12(14(17)18-4)6-8-15-13-7-9-16(3)11(2)10-13/h6,11,13,15H,5,7-10H2,1-4H3. The number of carbonyl (C=O) groups excluding carboxylic acids is 1. The summed E-state index contributed by atoms with van der Waals surface area (Å²) in [5.74, 6) is -0.212. The first-order chi connectivity index (χ1) is 8.58. The van der Waals surface area contributed by atoms with Crippen molar-refractivity contribution < 1.29 is 9.53 Å². The predicted octanol–water partition coefficient (Wildman–Crippen LogP) is 1.57.